The second kappa shape index (κ2) is 7.61. The maximum absolute atomic E-state index is 12.2. The van der Waals surface area contributed by atoms with E-state index < -0.39 is 9.05 Å². The number of benzene rings is 1. The number of amides is 1. The summed E-state index contributed by atoms with van der Waals surface area (Å²) in [4.78, 5) is 12.1. The smallest absolute Gasteiger partial charge is 0.261 e. The highest BCUT2D eigenvalue weighted by Gasteiger charge is 2.19. The van der Waals surface area contributed by atoms with Crippen molar-refractivity contribution in [2.45, 2.75) is 51.0 Å². The molecule has 1 N–H and O–H groups in total. The first kappa shape index (κ1) is 18.5. The highest BCUT2D eigenvalue weighted by molar-refractivity contribution is 9.10. The van der Waals surface area contributed by atoms with Crippen molar-refractivity contribution in [1.29, 1.82) is 0 Å². The third-order valence-corrected chi connectivity index (χ3v) is 5.46. The summed E-state index contributed by atoms with van der Waals surface area (Å²) in [6.07, 6.45) is 2.97. The summed E-state index contributed by atoms with van der Waals surface area (Å²) >= 11 is 3.26. The third kappa shape index (κ3) is 5.27. The van der Waals surface area contributed by atoms with Crippen LogP contribution in [0.3, 0.4) is 0 Å². The average Bonchev–Trinajstić information content (AvgIpc) is 2.37. The Morgan fingerprint density at radius 2 is 2.05 bits per heavy atom. The van der Waals surface area contributed by atoms with Crippen LogP contribution >= 0.6 is 26.6 Å². The number of rotatable bonds is 6. The summed E-state index contributed by atoms with van der Waals surface area (Å²) in [6, 6.07) is 2.95. The van der Waals surface area contributed by atoms with Crippen molar-refractivity contribution in [3.05, 3.63) is 27.7 Å². The molecule has 0 radical (unpaired) electrons. The van der Waals surface area contributed by atoms with Crippen molar-refractivity contribution >= 4 is 41.6 Å². The molecule has 0 aliphatic heterocycles. The molecule has 0 aliphatic rings. The highest BCUT2D eigenvalue weighted by Crippen LogP contribution is 2.28. The van der Waals surface area contributed by atoms with Crippen LogP contribution in [0.2, 0.25) is 0 Å². The van der Waals surface area contributed by atoms with Crippen molar-refractivity contribution in [2.75, 3.05) is 0 Å². The molecule has 1 atom stereocenters. The Balaban J connectivity index is 3.04. The molecular formula is C14H19BrClNO3S. The maximum atomic E-state index is 12.2. The number of unbranched alkanes of at least 4 members (excludes halogenated alkanes) is 1. The molecule has 7 heteroatoms. The molecule has 21 heavy (non-hydrogen) atoms. The zero-order chi connectivity index (χ0) is 16.2. The number of halogens is 2. The Morgan fingerprint density at radius 1 is 1.43 bits per heavy atom. The molecule has 1 aromatic carbocycles. The quantitative estimate of drug-likeness (QED) is 0.739. The summed E-state index contributed by atoms with van der Waals surface area (Å²) in [5, 5.41) is 2.86. The van der Waals surface area contributed by atoms with Crippen molar-refractivity contribution in [3.63, 3.8) is 0 Å². The van der Waals surface area contributed by atoms with Crippen LogP contribution in [0.15, 0.2) is 21.5 Å². The molecule has 118 valence electrons. The van der Waals surface area contributed by atoms with Crippen LogP contribution in [-0.4, -0.2) is 20.4 Å². The topological polar surface area (TPSA) is 63.2 Å². The lowest BCUT2D eigenvalue weighted by atomic mass is 10.1. The summed E-state index contributed by atoms with van der Waals surface area (Å²) in [5.74, 6) is -0.305. The van der Waals surface area contributed by atoms with E-state index in [0.29, 0.717) is 10.0 Å². The predicted molar refractivity (Wildman–Crippen MR) is 88.4 cm³/mol. The van der Waals surface area contributed by atoms with Crippen LogP contribution in [0.25, 0.3) is 0 Å². The van der Waals surface area contributed by atoms with Gasteiger partial charge in [-0.15, -0.1) is 0 Å². The Hall–Kier alpha value is -0.590. The lowest BCUT2D eigenvalue weighted by molar-refractivity contribution is 0.0937. The molecule has 4 nitrogen and oxygen atoms in total. The van der Waals surface area contributed by atoms with E-state index in [1.165, 1.54) is 6.07 Å². The number of carbonyl (C=O) groups excluding carboxylic acids is 1. The first-order valence-corrected chi connectivity index (χ1v) is 9.82. The fourth-order valence-electron chi connectivity index (χ4n) is 1.93. The Labute approximate surface area is 138 Å². The van der Waals surface area contributed by atoms with Crippen molar-refractivity contribution in [1.82, 2.24) is 5.32 Å². The standard InChI is InChI=1S/C14H19BrClNO3S/c1-4-5-6-9(2)17-14(18)11-7-12(15)10(3)13(8-11)21(16,19)20/h7-9H,4-6H2,1-3H3,(H,17,18). The van der Waals surface area contributed by atoms with Crippen LogP contribution in [-0.2, 0) is 9.05 Å². The van der Waals surface area contributed by atoms with Crippen LogP contribution in [0.5, 0.6) is 0 Å². The first-order valence-electron chi connectivity index (χ1n) is 6.72. The normalized spacial score (nSPS) is 13.0. The van der Waals surface area contributed by atoms with Gasteiger partial charge in [0.15, 0.2) is 0 Å². The van der Waals surface area contributed by atoms with Gasteiger partial charge in [-0.1, -0.05) is 35.7 Å². The molecule has 0 aromatic heterocycles. The molecule has 0 saturated carbocycles. The second-order valence-corrected chi connectivity index (χ2v) is 8.42. The molecule has 1 amide bonds. The van der Waals surface area contributed by atoms with Gasteiger partial charge in [-0.3, -0.25) is 4.79 Å². The molecule has 0 saturated heterocycles. The Kier molecular flexibility index (Phi) is 6.69. The highest BCUT2D eigenvalue weighted by atomic mass is 79.9. The van der Waals surface area contributed by atoms with Gasteiger partial charge in [0.1, 0.15) is 0 Å². The van der Waals surface area contributed by atoms with Gasteiger partial charge in [-0.25, -0.2) is 8.42 Å². The zero-order valence-corrected chi connectivity index (χ0v) is 15.4. The molecule has 0 aliphatic carbocycles. The van der Waals surface area contributed by atoms with Gasteiger partial charge in [-0.2, -0.15) is 0 Å². The Bertz CT molecular complexity index is 631. The number of carbonyl (C=O) groups is 1. The zero-order valence-electron chi connectivity index (χ0n) is 12.2. The molecule has 0 bridgehead atoms. The summed E-state index contributed by atoms with van der Waals surface area (Å²) < 4.78 is 23.7. The van der Waals surface area contributed by atoms with Gasteiger partial charge < -0.3 is 5.32 Å². The number of nitrogens with one attached hydrogen (secondary N) is 1. The minimum absolute atomic E-state index is 0.0357. The minimum Gasteiger partial charge on any atom is -0.350 e. The fraction of sp³-hybridized carbons (Fsp3) is 0.500. The van der Waals surface area contributed by atoms with E-state index >= 15 is 0 Å². The monoisotopic (exact) mass is 395 g/mol. The van der Waals surface area contributed by atoms with E-state index in [1.807, 2.05) is 6.92 Å². The van der Waals surface area contributed by atoms with Gasteiger partial charge in [0, 0.05) is 26.8 Å². The SMILES string of the molecule is CCCCC(C)NC(=O)c1cc(Br)c(C)c(S(=O)(=O)Cl)c1. The molecule has 1 rings (SSSR count). The molecule has 1 unspecified atom stereocenters. The van der Waals surface area contributed by atoms with Crippen molar-refractivity contribution < 1.29 is 13.2 Å². The lowest BCUT2D eigenvalue weighted by Crippen LogP contribution is -2.32. The van der Waals surface area contributed by atoms with E-state index in [1.54, 1.807) is 13.0 Å². The van der Waals surface area contributed by atoms with Gasteiger partial charge >= 0.3 is 0 Å². The van der Waals surface area contributed by atoms with E-state index in [2.05, 4.69) is 28.2 Å². The van der Waals surface area contributed by atoms with Crippen LogP contribution in [0.1, 0.15) is 49.0 Å². The van der Waals surface area contributed by atoms with Crippen molar-refractivity contribution in [2.24, 2.45) is 0 Å². The molecular weight excluding hydrogens is 378 g/mol. The summed E-state index contributed by atoms with van der Waals surface area (Å²) in [7, 11) is 1.51. The molecule has 0 spiro atoms. The average molecular weight is 397 g/mol. The number of hydrogen-bond acceptors (Lipinski definition) is 3. The molecule has 1 aromatic rings. The lowest BCUT2D eigenvalue weighted by Gasteiger charge is -2.14. The third-order valence-electron chi connectivity index (χ3n) is 3.19. The van der Waals surface area contributed by atoms with Crippen LogP contribution in [0, 0.1) is 6.92 Å². The van der Waals surface area contributed by atoms with E-state index in [9.17, 15) is 13.2 Å². The largest absolute Gasteiger partial charge is 0.350 e. The maximum Gasteiger partial charge on any atom is 0.261 e. The minimum atomic E-state index is -3.89. The van der Waals surface area contributed by atoms with Crippen LogP contribution < -0.4 is 5.32 Å². The van der Waals surface area contributed by atoms with E-state index in [0.717, 1.165) is 19.3 Å². The molecule has 0 heterocycles. The predicted octanol–water partition coefficient (Wildman–Crippen LogP) is 3.99. The summed E-state index contributed by atoms with van der Waals surface area (Å²) in [6.45, 7) is 5.64. The summed E-state index contributed by atoms with van der Waals surface area (Å²) in [5.41, 5.74) is 0.760. The Morgan fingerprint density at radius 3 is 2.57 bits per heavy atom. The van der Waals surface area contributed by atoms with Gasteiger partial charge in [-0.05, 0) is 38.0 Å². The van der Waals surface area contributed by atoms with Crippen LogP contribution in [0.4, 0.5) is 0 Å². The van der Waals surface area contributed by atoms with Gasteiger partial charge in [0.25, 0.3) is 15.0 Å². The fourth-order valence-corrected chi connectivity index (χ4v) is 3.74. The molecule has 0 fully saturated rings. The van der Waals surface area contributed by atoms with E-state index in [-0.39, 0.29) is 22.4 Å². The van der Waals surface area contributed by atoms with Gasteiger partial charge in [0.05, 0.1) is 4.90 Å². The van der Waals surface area contributed by atoms with Crippen molar-refractivity contribution in [3.8, 4) is 0 Å². The van der Waals surface area contributed by atoms with E-state index in [4.69, 9.17) is 10.7 Å². The van der Waals surface area contributed by atoms with Gasteiger partial charge in [0.2, 0.25) is 0 Å². The second-order valence-electron chi connectivity index (χ2n) is 5.04. The number of hydrogen-bond donors (Lipinski definition) is 1. The first-order chi connectivity index (χ1) is 9.66.